The van der Waals surface area contributed by atoms with E-state index >= 15 is 0 Å². The maximum absolute atomic E-state index is 14.3. The summed E-state index contributed by atoms with van der Waals surface area (Å²) in [5, 5.41) is 5.61. The van der Waals surface area contributed by atoms with E-state index in [1.807, 2.05) is 71.0 Å². The number of hydrogen-bond donors (Lipinski definition) is 3. The van der Waals surface area contributed by atoms with Gasteiger partial charge in [-0.1, -0.05) is 56.2 Å². The molecule has 41 heavy (non-hydrogen) atoms. The number of aryl methyl sites for hydroxylation is 4. The summed E-state index contributed by atoms with van der Waals surface area (Å²) in [5.74, 6) is -1.74. The average molecular weight is 567 g/mol. The van der Waals surface area contributed by atoms with Crippen molar-refractivity contribution in [3.63, 3.8) is 0 Å². The minimum atomic E-state index is -1.32. The highest BCUT2D eigenvalue weighted by Gasteiger charge is 2.38. The molecule has 9 nitrogen and oxygen atoms in total. The molecule has 0 aliphatic heterocycles. The quantitative estimate of drug-likeness (QED) is 0.297. The van der Waals surface area contributed by atoms with E-state index in [1.54, 1.807) is 20.8 Å². The zero-order valence-electron chi connectivity index (χ0n) is 25.7. The number of rotatable bonds is 12. The van der Waals surface area contributed by atoms with E-state index < -0.39 is 42.0 Å². The van der Waals surface area contributed by atoms with Gasteiger partial charge in [-0.2, -0.15) is 0 Å². The molecule has 2 aromatic carbocycles. The van der Waals surface area contributed by atoms with Gasteiger partial charge in [0.1, 0.15) is 17.7 Å². The molecule has 0 bridgehead atoms. The number of nitrogens with one attached hydrogen (secondary N) is 2. The Labute approximate surface area is 244 Å². The molecule has 2 rings (SSSR count). The molecule has 0 fully saturated rings. The second-order valence-corrected chi connectivity index (χ2v) is 11.6. The van der Waals surface area contributed by atoms with Crippen molar-refractivity contribution in [2.45, 2.75) is 98.8 Å². The van der Waals surface area contributed by atoms with Gasteiger partial charge in [0.05, 0.1) is 6.42 Å². The average Bonchev–Trinajstić information content (AvgIpc) is 2.85. The zero-order valence-corrected chi connectivity index (χ0v) is 25.7. The zero-order chi connectivity index (χ0) is 30.9. The van der Waals surface area contributed by atoms with Gasteiger partial charge >= 0.3 is 6.09 Å². The van der Waals surface area contributed by atoms with Crippen LogP contribution < -0.4 is 16.4 Å². The summed E-state index contributed by atoms with van der Waals surface area (Å²) in [6.07, 6.45) is 1.04. The van der Waals surface area contributed by atoms with E-state index in [2.05, 4.69) is 10.6 Å². The molecule has 224 valence electrons. The molecule has 2 aromatic rings. The Morgan fingerprint density at radius 3 is 1.93 bits per heavy atom. The van der Waals surface area contributed by atoms with E-state index in [1.165, 1.54) is 4.90 Å². The maximum Gasteiger partial charge on any atom is 0.408 e. The number of carbonyl (C=O) groups is 4. The smallest absolute Gasteiger partial charge is 0.408 e. The van der Waals surface area contributed by atoms with E-state index in [-0.39, 0.29) is 12.5 Å². The summed E-state index contributed by atoms with van der Waals surface area (Å²) in [4.78, 5) is 54.7. The molecule has 0 aliphatic rings. The molecular formula is C32H46N4O5. The van der Waals surface area contributed by atoms with E-state index in [9.17, 15) is 19.2 Å². The first-order chi connectivity index (χ1) is 19.2. The number of primary amides is 1. The van der Waals surface area contributed by atoms with Gasteiger partial charge in [0.15, 0.2) is 0 Å². The minimum absolute atomic E-state index is 0.233. The standard InChI is InChI=1S/C32H46N4O5/c1-9-10-11-18-36(30(39)24(19-25(33)37)34-31(40)41-32(6,7)8)28(26-20(2)14-12-15-21(26)3)29(38)35-27-22(4)16-13-17-23(27)5/h12-17,24,28H,9-11,18-19H2,1-8H3,(H2,33,37)(H,34,40)(H,35,38). The van der Waals surface area contributed by atoms with Crippen LogP contribution in [-0.4, -0.2) is 46.9 Å². The summed E-state index contributed by atoms with van der Waals surface area (Å²) in [6, 6.07) is 9.09. The summed E-state index contributed by atoms with van der Waals surface area (Å²) in [5.41, 5.74) is 9.51. The monoisotopic (exact) mass is 566 g/mol. The third-order valence-electron chi connectivity index (χ3n) is 6.78. The van der Waals surface area contributed by atoms with Crippen LogP contribution in [0.4, 0.5) is 10.5 Å². The Hall–Kier alpha value is -3.88. The Kier molecular flexibility index (Phi) is 11.9. The number of ether oxygens (including phenoxy) is 1. The molecule has 0 spiro atoms. The lowest BCUT2D eigenvalue weighted by Crippen LogP contribution is -2.54. The predicted molar refractivity (Wildman–Crippen MR) is 161 cm³/mol. The van der Waals surface area contributed by atoms with Crippen LogP contribution in [0.2, 0.25) is 0 Å². The van der Waals surface area contributed by atoms with Gasteiger partial charge in [-0.15, -0.1) is 0 Å². The Bertz CT molecular complexity index is 1210. The highest BCUT2D eigenvalue weighted by molar-refractivity contribution is 6.00. The van der Waals surface area contributed by atoms with Gasteiger partial charge < -0.3 is 26.0 Å². The number of para-hydroxylation sites is 1. The summed E-state index contributed by atoms with van der Waals surface area (Å²) in [6.45, 7) is 15.0. The van der Waals surface area contributed by atoms with E-state index in [4.69, 9.17) is 10.5 Å². The molecular weight excluding hydrogens is 520 g/mol. The van der Waals surface area contributed by atoms with Crippen LogP contribution >= 0.6 is 0 Å². The lowest BCUT2D eigenvalue weighted by molar-refractivity contribution is -0.142. The lowest BCUT2D eigenvalue weighted by atomic mass is 9.93. The molecule has 0 radical (unpaired) electrons. The highest BCUT2D eigenvalue weighted by Crippen LogP contribution is 2.31. The summed E-state index contributed by atoms with van der Waals surface area (Å²) in [7, 11) is 0. The third kappa shape index (κ3) is 9.62. The fourth-order valence-electron chi connectivity index (χ4n) is 4.84. The molecule has 2 unspecified atom stereocenters. The van der Waals surface area contributed by atoms with Crippen molar-refractivity contribution in [3.05, 3.63) is 64.2 Å². The van der Waals surface area contributed by atoms with Crippen molar-refractivity contribution in [1.82, 2.24) is 10.2 Å². The molecule has 0 aromatic heterocycles. The molecule has 0 aliphatic carbocycles. The summed E-state index contributed by atoms with van der Waals surface area (Å²) >= 11 is 0. The molecule has 2 atom stereocenters. The van der Waals surface area contributed by atoms with Gasteiger partial charge in [0, 0.05) is 12.2 Å². The number of anilines is 1. The van der Waals surface area contributed by atoms with Crippen LogP contribution in [0.5, 0.6) is 0 Å². The molecule has 0 saturated heterocycles. The SMILES string of the molecule is CCCCCN(C(=O)C(CC(N)=O)NC(=O)OC(C)(C)C)C(C(=O)Nc1c(C)cccc1C)c1c(C)cccc1C. The van der Waals surface area contributed by atoms with Crippen LogP contribution in [0.3, 0.4) is 0 Å². The number of hydrogen-bond acceptors (Lipinski definition) is 5. The first-order valence-electron chi connectivity index (χ1n) is 14.2. The second kappa shape index (κ2) is 14.7. The van der Waals surface area contributed by atoms with E-state index in [0.29, 0.717) is 17.7 Å². The van der Waals surface area contributed by atoms with Crippen LogP contribution in [0.1, 0.15) is 87.2 Å². The number of nitrogens with two attached hydrogens (primary N) is 1. The van der Waals surface area contributed by atoms with Crippen molar-refractivity contribution in [2.24, 2.45) is 5.73 Å². The normalized spacial score (nSPS) is 12.7. The van der Waals surface area contributed by atoms with Crippen LogP contribution in [0.25, 0.3) is 0 Å². The number of benzene rings is 2. The number of carbonyl (C=O) groups excluding carboxylic acids is 4. The van der Waals surface area contributed by atoms with Crippen LogP contribution in [0, 0.1) is 27.7 Å². The molecule has 0 heterocycles. The molecule has 9 heteroatoms. The number of alkyl carbamates (subject to hydrolysis) is 1. The van der Waals surface area contributed by atoms with Crippen LogP contribution in [-0.2, 0) is 19.1 Å². The number of nitrogens with zero attached hydrogens (tertiary/aromatic N) is 1. The Balaban J connectivity index is 2.66. The molecule has 4 amide bonds. The first kappa shape index (κ1) is 33.3. The van der Waals surface area contributed by atoms with Gasteiger partial charge in [-0.3, -0.25) is 14.4 Å². The van der Waals surface area contributed by atoms with Crippen molar-refractivity contribution in [3.8, 4) is 0 Å². The van der Waals surface area contributed by atoms with Gasteiger partial charge in [-0.25, -0.2) is 4.79 Å². The van der Waals surface area contributed by atoms with Crippen molar-refractivity contribution in [1.29, 1.82) is 0 Å². The molecule has 0 saturated carbocycles. The Morgan fingerprint density at radius 1 is 0.902 bits per heavy atom. The topological polar surface area (TPSA) is 131 Å². The fraction of sp³-hybridized carbons (Fsp3) is 0.500. The van der Waals surface area contributed by atoms with Gasteiger partial charge in [-0.05, 0) is 82.7 Å². The van der Waals surface area contributed by atoms with Gasteiger partial charge in [0.2, 0.25) is 11.8 Å². The first-order valence-corrected chi connectivity index (χ1v) is 14.2. The highest BCUT2D eigenvalue weighted by atomic mass is 16.6. The number of amides is 4. The van der Waals surface area contributed by atoms with Gasteiger partial charge in [0.25, 0.3) is 5.91 Å². The lowest BCUT2D eigenvalue weighted by Gasteiger charge is -2.36. The Morgan fingerprint density at radius 2 is 1.44 bits per heavy atom. The van der Waals surface area contributed by atoms with Crippen molar-refractivity contribution < 1.29 is 23.9 Å². The minimum Gasteiger partial charge on any atom is -0.444 e. The van der Waals surface area contributed by atoms with Crippen molar-refractivity contribution in [2.75, 3.05) is 11.9 Å². The largest absolute Gasteiger partial charge is 0.444 e. The fourth-order valence-corrected chi connectivity index (χ4v) is 4.84. The maximum atomic E-state index is 14.3. The van der Waals surface area contributed by atoms with E-state index in [0.717, 1.165) is 35.1 Å². The predicted octanol–water partition coefficient (Wildman–Crippen LogP) is 5.39. The second-order valence-electron chi connectivity index (χ2n) is 11.6. The number of unbranched alkanes of at least 4 members (excludes halogenated alkanes) is 2. The van der Waals surface area contributed by atoms with Crippen LogP contribution in [0.15, 0.2) is 36.4 Å². The third-order valence-corrected chi connectivity index (χ3v) is 6.78. The molecule has 4 N–H and O–H groups in total. The summed E-state index contributed by atoms with van der Waals surface area (Å²) < 4.78 is 5.36. The van der Waals surface area contributed by atoms with Crippen molar-refractivity contribution >= 4 is 29.5 Å².